The summed E-state index contributed by atoms with van der Waals surface area (Å²) in [5.41, 5.74) is 5.68. The van der Waals surface area contributed by atoms with E-state index in [2.05, 4.69) is 41.9 Å². The molecule has 1 aromatic carbocycles. The van der Waals surface area contributed by atoms with Gasteiger partial charge < -0.3 is 9.88 Å². The molecule has 3 atom stereocenters. The molecular formula is C21H26N2O. The van der Waals surface area contributed by atoms with Gasteiger partial charge in [-0.2, -0.15) is 0 Å². The molecule has 3 heteroatoms. The fourth-order valence-electron chi connectivity index (χ4n) is 5.55. The minimum atomic E-state index is 0.399. The van der Waals surface area contributed by atoms with Crippen LogP contribution < -0.4 is 0 Å². The minimum Gasteiger partial charge on any atom is -0.358 e. The van der Waals surface area contributed by atoms with Crippen molar-refractivity contribution in [3.63, 3.8) is 0 Å². The van der Waals surface area contributed by atoms with E-state index in [0.717, 1.165) is 32.2 Å². The van der Waals surface area contributed by atoms with Gasteiger partial charge in [0.15, 0.2) is 0 Å². The van der Waals surface area contributed by atoms with Crippen molar-refractivity contribution in [1.82, 2.24) is 9.88 Å². The van der Waals surface area contributed by atoms with E-state index < -0.39 is 0 Å². The number of carbonyl (C=O) groups is 1. The second-order valence-corrected chi connectivity index (χ2v) is 8.31. The van der Waals surface area contributed by atoms with Crippen LogP contribution in [0.4, 0.5) is 0 Å². The number of carbonyl (C=O) groups excluding carboxylic acids is 1. The van der Waals surface area contributed by atoms with Crippen LogP contribution in [-0.4, -0.2) is 28.4 Å². The maximum Gasteiger partial charge on any atom is 0.222 e. The predicted molar refractivity (Wildman–Crippen MR) is 96.3 cm³/mol. The fraction of sp³-hybridized carbons (Fsp3) is 0.571. The zero-order chi connectivity index (χ0) is 16.4. The number of hydrogen-bond donors (Lipinski definition) is 1. The van der Waals surface area contributed by atoms with E-state index in [0.29, 0.717) is 29.7 Å². The lowest BCUT2D eigenvalue weighted by atomic mass is 9.74. The molecule has 2 saturated heterocycles. The Labute approximate surface area is 143 Å². The smallest absolute Gasteiger partial charge is 0.222 e. The first kappa shape index (κ1) is 14.6. The van der Waals surface area contributed by atoms with Gasteiger partial charge in [-0.05, 0) is 60.8 Å². The molecule has 1 N–H and O–H groups in total. The van der Waals surface area contributed by atoms with E-state index in [1.807, 2.05) is 0 Å². The molecule has 0 bridgehead atoms. The summed E-state index contributed by atoms with van der Waals surface area (Å²) < 4.78 is 0. The van der Waals surface area contributed by atoms with Gasteiger partial charge in [-0.25, -0.2) is 0 Å². The summed E-state index contributed by atoms with van der Waals surface area (Å²) in [7, 11) is 0. The molecule has 3 aliphatic rings. The highest BCUT2D eigenvalue weighted by atomic mass is 16.2. The summed E-state index contributed by atoms with van der Waals surface area (Å²) in [6.45, 7) is 5.48. The Hall–Kier alpha value is -1.77. The third kappa shape index (κ3) is 1.93. The highest BCUT2D eigenvalue weighted by Crippen LogP contribution is 2.49. The molecule has 2 aliphatic heterocycles. The summed E-state index contributed by atoms with van der Waals surface area (Å²) in [6.07, 6.45) is 5.28. The Balaban J connectivity index is 1.67. The average Bonchev–Trinajstić information content (AvgIpc) is 3.10. The van der Waals surface area contributed by atoms with Crippen LogP contribution in [-0.2, 0) is 11.2 Å². The van der Waals surface area contributed by atoms with E-state index in [9.17, 15) is 4.79 Å². The molecule has 5 rings (SSSR count). The van der Waals surface area contributed by atoms with Crippen molar-refractivity contribution in [2.45, 2.75) is 63.8 Å². The highest BCUT2D eigenvalue weighted by Gasteiger charge is 2.48. The van der Waals surface area contributed by atoms with E-state index in [4.69, 9.17) is 0 Å². The third-order valence-electron chi connectivity index (χ3n) is 6.67. The first-order valence-electron chi connectivity index (χ1n) is 9.57. The monoisotopic (exact) mass is 322 g/mol. The maximum absolute atomic E-state index is 12.5. The van der Waals surface area contributed by atoms with Gasteiger partial charge in [0, 0.05) is 41.5 Å². The molecule has 1 aromatic heterocycles. The molecule has 1 aliphatic carbocycles. The number of hydrogen-bond acceptors (Lipinski definition) is 1. The summed E-state index contributed by atoms with van der Waals surface area (Å²) >= 11 is 0. The zero-order valence-corrected chi connectivity index (χ0v) is 14.6. The van der Waals surface area contributed by atoms with Crippen LogP contribution in [0, 0.1) is 5.92 Å². The largest absolute Gasteiger partial charge is 0.358 e. The average molecular weight is 322 g/mol. The summed E-state index contributed by atoms with van der Waals surface area (Å²) in [5.74, 6) is 2.14. The number of aromatic nitrogens is 1. The molecule has 0 radical (unpaired) electrons. The third-order valence-corrected chi connectivity index (χ3v) is 6.67. The molecule has 0 saturated carbocycles. The topological polar surface area (TPSA) is 36.1 Å². The minimum absolute atomic E-state index is 0.399. The van der Waals surface area contributed by atoms with Gasteiger partial charge in [0.05, 0.1) is 0 Å². The van der Waals surface area contributed by atoms with Crippen LogP contribution in [0.15, 0.2) is 18.2 Å². The summed E-state index contributed by atoms with van der Waals surface area (Å²) in [6, 6.07) is 7.37. The number of nitrogens with zero attached hydrogens (tertiary/aromatic N) is 1. The molecule has 0 unspecified atom stereocenters. The molecule has 0 spiro atoms. The van der Waals surface area contributed by atoms with Crippen LogP contribution in [0.5, 0.6) is 0 Å². The van der Waals surface area contributed by atoms with Crippen LogP contribution in [0.25, 0.3) is 10.9 Å². The van der Waals surface area contributed by atoms with Crippen molar-refractivity contribution in [1.29, 1.82) is 0 Å². The Bertz CT molecular complexity index is 819. The lowest BCUT2D eigenvalue weighted by Crippen LogP contribution is -2.43. The van der Waals surface area contributed by atoms with Gasteiger partial charge in [0.1, 0.15) is 0 Å². The van der Waals surface area contributed by atoms with Crippen molar-refractivity contribution in [2.75, 3.05) is 6.54 Å². The Morgan fingerprint density at radius 3 is 2.96 bits per heavy atom. The van der Waals surface area contributed by atoms with E-state index >= 15 is 0 Å². The Kier molecular flexibility index (Phi) is 3.10. The standard InChI is InChI=1S/C21H26N2O/c1-12(2)13-6-7-17-16(10-13)20-15-8-9-23-19(24)5-3-4-14(21(15)23)11-18(20)22-17/h6-7,10,12,14-15,21-22H,3-5,8-9,11H2,1-2H3/t14-,15+,21-/m1/s1. The highest BCUT2D eigenvalue weighted by molar-refractivity contribution is 5.87. The Morgan fingerprint density at radius 2 is 2.12 bits per heavy atom. The Morgan fingerprint density at radius 1 is 1.25 bits per heavy atom. The van der Waals surface area contributed by atoms with Gasteiger partial charge in [0.2, 0.25) is 5.91 Å². The molecule has 24 heavy (non-hydrogen) atoms. The second-order valence-electron chi connectivity index (χ2n) is 8.31. The molecule has 3 nitrogen and oxygen atoms in total. The lowest BCUT2D eigenvalue weighted by molar-refractivity contribution is -0.132. The normalized spacial score (nSPS) is 29.0. The van der Waals surface area contributed by atoms with E-state index in [-0.39, 0.29) is 0 Å². The van der Waals surface area contributed by atoms with E-state index in [1.54, 1.807) is 0 Å². The predicted octanol–water partition coefficient (Wildman–Crippen LogP) is 4.33. The van der Waals surface area contributed by atoms with Crippen molar-refractivity contribution >= 4 is 16.8 Å². The van der Waals surface area contributed by atoms with Crippen LogP contribution in [0.1, 0.15) is 68.2 Å². The van der Waals surface area contributed by atoms with Gasteiger partial charge in [-0.15, -0.1) is 0 Å². The number of benzene rings is 1. The van der Waals surface area contributed by atoms with E-state index in [1.165, 1.54) is 34.1 Å². The lowest BCUT2D eigenvalue weighted by Gasteiger charge is -2.37. The number of aromatic amines is 1. The summed E-state index contributed by atoms with van der Waals surface area (Å²) in [5, 5.41) is 1.41. The van der Waals surface area contributed by atoms with Crippen LogP contribution >= 0.6 is 0 Å². The molecule has 2 aromatic rings. The number of amides is 1. The SMILES string of the molecule is CC(C)c1ccc2[nH]c3c(c2c1)[C@@H]1CCN2C(=O)CCC[C@H](C3)[C@H]12. The van der Waals surface area contributed by atoms with Gasteiger partial charge in [-0.3, -0.25) is 4.79 Å². The zero-order valence-electron chi connectivity index (χ0n) is 14.6. The quantitative estimate of drug-likeness (QED) is 0.833. The van der Waals surface area contributed by atoms with Gasteiger partial charge in [-0.1, -0.05) is 19.9 Å². The second kappa shape index (κ2) is 5.11. The van der Waals surface area contributed by atoms with Gasteiger partial charge >= 0.3 is 0 Å². The number of H-pyrrole nitrogens is 1. The number of nitrogens with one attached hydrogen (secondary N) is 1. The molecule has 2 fully saturated rings. The molecular weight excluding hydrogens is 296 g/mol. The fourth-order valence-corrected chi connectivity index (χ4v) is 5.55. The first-order valence-corrected chi connectivity index (χ1v) is 9.57. The number of fused-ring (bicyclic) bond motifs is 4. The van der Waals surface area contributed by atoms with Crippen LogP contribution in [0.2, 0.25) is 0 Å². The first-order chi connectivity index (χ1) is 11.6. The van der Waals surface area contributed by atoms with Crippen molar-refractivity contribution in [2.24, 2.45) is 5.92 Å². The molecule has 126 valence electrons. The van der Waals surface area contributed by atoms with Crippen LogP contribution in [0.3, 0.4) is 0 Å². The maximum atomic E-state index is 12.5. The van der Waals surface area contributed by atoms with Gasteiger partial charge in [0.25, 0.3) is 0 Å². The summed E-state index contributed by atoms with van der Waals surface area (Å²) in [4.78, 5) is 18.5. The molecule has 3 heterocycles. The molecule has 1 amide bonds. The van der Waals surface area contributed by atoms with Crippen molar-refractivity contribution in [3.8, 4) is 0 Å². The van der Waals surface area contributed by atoms with Crippen molar-refractivity contribution < 1.29 is 4.79 Å². The number of rotatable bonds is 1. The van der Waals surface area contributed by atoms with Crippen molar-refractivity contribution in [3.05, 3.63) is 35.0 Å².